The molecule has 6 nitrogen and oxygen atoms in total. The molecule has 33 heavy (non-hydrogen) atoms. The number of carbonyl (C=O) groups excluding carboxylic acids is 1. The zero-order chi connectivity index (χ0) is 22.9. The van der Waals surface area contributed by atoms with E-state index >= 15 is 0 Å². The van der Waals surface area contributed by atoms with Gasteiger partial charge in [-0.2, -0.15) is 4.98 Å². The summed E-state index contributed by atoms with van der Waals surface area (Å²) in [7, 11) is 0. The lowest BCUT2D eigenvalue weighted by Gasteiger charge is -2.17. The Balaban J connectivity index is 1.34. The fraction of sp³-hybridized carbons (Fsp3) is 0.320. The number of nitrogens with zero attached hydrogens (tertiary/aromatic N) is 3. The number of hydrogen-bond acceptors (Lipinski definition) is 6. The van der Waals surface area contributed by atoms with Crippen LogP contribution in [0.2, 0.25) is 0 Å². The van der Waals surface area contributed by atoms with E-state index in [1.807, 2.05) is 47.0 Å². The van der Waals surface area contributed by atoms with E-state index in [-0.39, 0.29) is 5.91 Å². The molecule has 1 aromatic heterocycles. The Bertz CT molecular complexity index is 1200. The Labute approximate surface area is 206 Å². The highest BCUT2D eigenvalue weighted by Gasteiger charge is 2.32. The van der Waals surface area contributed by atoms with Crippen LogP contribution in [0, 0.1) is 5.92 Å². The van der Waals surface area contributed by atoms with E-state index in [9.17, 15) is 4.79 Å². The molecule has 3 aromatic rings. The van der Waals surface area contributed by atoms with E-state index in [0.717, 1.165) is 33.6 Å². The molecule has 0 spiro atoms. The van der Waals surface area contributed by atoms with Crippen LogP contribution in [-0.2, 0) is 11.2 Å². The van der Waals surface area contributed by atoms with Gasteiger partial charge >= 0.3 is 0 Å². The van der Waals surface area contributed by atoms with Crippen molar-refractivity contribution in [3.8, 4) is 0 Å². The average Bonchev–Trinajstić information content (AvgIpc) is 3.55. The van der Waals surface area contributed by atoms with Crippen molar-refractivity contribution < 1.29 is 4.79 Å². The third-order valence-corrected chi connectivity index (χ3v) is 7.32. The molecule has 0 radical (unpaired) electrons. The first-order valence-electron chi connectivity index (χ1n) is 11.2. The van der Waals surface area contributed by atoms with Crippen LogP contribution in [0.15, 0.2) is 58.0 Å². The molecule has 0 bridgehead atoms. The van der Waals surface area contributed by atoms with Crippen LogP contribution in [0.4, 0.5) is 28.8 Å². The number of nitrogens with one attached hydrogen (secondary N) is 2. The summed E-state index contributed by atoms with van der Waals surface area (Å²) >= 11 is 5.37. The summed E-state index contributed by atoms with van der Waals surface area (Å²) in [5, 5.41) is 7.22. The number of para-hydroxylation sites is 1. The molecular formula is C25H26BrN5OS. The number of anilines is 5. The van der Waals surface area contributed by atoms with Crippen molar-refractivity contribution in [1.29, 1.82) is 0 Å². The molecule has 1 aliphatic heterocycles. The first-order valence-corrected chi connectivity index (χ1v) is 12.9. The highest BCUT2D eigenvalue weighted by atomic mass is 79.9. The molecule has 2 aromatic carbocycles. The van der Waals surface area contributed by atoms with Crippen LogP contribution in [0.1, 0.15) is 32.3 Å². The number of benzene rings is 2. The fourth-order valence-corrected chi connectivity index (χ4v) is 5.12. The first kappa shape index (κ1) is 22.2. The zero-order valence-corrected chi connectivity index (χ0v) is 21.0. The lowest BCUT2D eigenvalue weighted by molar-refractivity contribution is -0.117. The highest BCUT2D eigenvalue weighted by molar-refractivity contribution is 9.10. The number of halogens is 1. The average molecular weight is 524 g/mol. The molecule has 170 valence electrons. The predicted octanol–water partition coefficient (Wildman–Crippen LogP) is 6.53. The number of aromatic nitrogens is 2. The number of thioether (sulfide) groups is 1. The molecule has 1 amide bonds. The lowest BCUT2D eigenvalue weighted by atomic mass is 10.1. The van der Waals surface area contributed by atoms with Gasteiger partial charge in [-0.25, -0.2) is 4.98 Å². The summed E-state index contributed by atoms with van der Waals surface area (Å²) in [5.41, 5.74) is 3.98. The van der Waals surface area contributed by atoms with Gasteiger partial charge in [0.25, 0.3) is 0 Å². The minimum Gasteiger partial charge on any atom is -0.338 e. The molecule has 0 atom stereocenters. The van der Waals surface area contributed by atoms with E-state index in [1.165, 1.54) is 17.7 Å². The minimum atomic E-state index is 0.193. The van der Waals surface area contributed by atoms with Crippen LogP contribution >= 0.6 is 27.7 Å². The maximum atomic E-state index is 12.5. The molecular weight excluding hydrogens is 498 g/mol. The highest BCUT2D eigenvalue weighted by Crippen LogP contribution is 2.37. The summed E-state index contributed by atoms with van der Waals surface area (Å²) in [6.07, 6.45) is 4.66. The molecule has 0 saturated heterocycles. The van der Waals surface area contributed by atoms with Crippen molar-refractivity contribution in [2.45, 2.75) is 43.3 Å². The Morgan fingerprint density at radius 2 is 2.00 bits per heavy atom. The summed E-state index contributed by atoms with van der Waals surface area (Å²) < 4.78 is 0.785. The molecule has 1 aliphatic carbocycles. The van der Waals surface area contributed by atoms with Gasteiger partial charge in [-0.3, -0.25) is 4.79 Å². The van der Waals surface area contributed by atoms with Crippen LogP contribution in [0.25, 0.3) is 0 Å². The van der Waals surface area contributed by atoms with Gasteiger partial charge in [0.15, 0.2) is 0 Å². The van der Waals surface area contributed by atoms with E-state index in [1.54, 1.807) is 6.20 Å². The molecule has 8 heteroatoms. The maximum Gasteiger partial charge on any atom is 0.231 e. The number of carbonyl (C=O) groups is 1. The van der Waals surface area contributed by atoms with Gasteiger partial charge in [0.1, 0.15) is 5.82 Å². The Kier molecular flexibility index (Phi) is 6.29. The quantitative estimate of drug-likeness (QED) is 0.327. The predicted molar refractivity (Wildman–Crippen MR) is 139 cm³/mol. The van der Waals surface area contributed by atoms with Gasteiger partial charge in [0.2, 0.25) is 11.9 Å². The van der Waals surface area contributed by atoms with Gasteiger partial charge in [-0.15, -0.1) is 11.8 Å². The largest absolute Gasteiger partial charge is 0.338 e. The molecule has 1 fully saturated rings. The van der Waals surface area contributed by atoms with Crippen LogP contribution in [0.5, 0.6) is 0 Å². The van der Waals surface area contributed by atoms with Crippen molar-refractivity contribution in [2.24, 2.45) is 5.92 Å². The third-order valence-electron chi connectivity index (χ3n) is 5.65. The van der Waals surface area contributed by atoms with E-state index in [0.29, 0.717) is 29.4 Å². The monoisotopic (exact) mass is 523 g/mol. The Hall–Kier alpha value is -2.58. The summed E-state index contributed by atoms with van der Waals surface area (Å²) in [6.45, 7) is 5.21. The smallest absolute Gasteiger partial charge is 0.231 e. The fourth-order valence-electron chi connectivity index (χ4n) is 3.92. The topological polar surface area (TPSA) is 70.2 Å². The molecule has 5 rings (SSSR count). The van der Waals surface area contributed by atoms with Crippen molar-refractivity contribution in [1.82, 2.24) is 9.97 Å². The second kappa shape index (κ2) is 9.35. The van der Waals surface area contributed by atoms with Crippen LogP contribution in [0.3, 0.4) is 0 Å². The summed E-state index contributed by atoms with van der Waals surface area (Å²) in [5.74, 6) is 2.05. The van der Waals surface area contributed by atoms with Crippen molar-refractivity contribution in [2.75, 3.05) is 22.1 Å². The Morgan fingerprint density at radius 1 is 1.18 bits per heavy atom. The molecule has 2 N–H and O–H groups in total. The summed E-state index contributed by atoms with van der Waals surface area (Å²) in [4.78, 5) is 24.7. The number of amides is 1. The molecule has 1 saturated carbocycles. The van der Waals surface area contributed by atoms with Crippen molar-refractivity contribution in [3.05, 3.63) is 58.7 Å². The maximum absolute atomic E-state index is 12.5. The SMILES string of the molecule is CC(C)Sc1ccccc1Nc1nc(Nc2ccc3c(c2)CC(=O)N3CC2CC2)ncc1Br. The van der Waals surface area contributed by atoms with Crippen LogP contribution in [-0.4, -0.2) is 27.7 Å². The van der Waals surface area contributed by atoms with Gasteiger partial charge in [-0.05, 0) is 70.6 Å². The van der Waals surface area contributed by atoms with Crippen molar-refractivity contribution in [3.63, 3.8) is 0 Å². The lowest BCUT2D eigenvalue weighted by Crippen LogP contribution is -2.28. The Morgan fingerprint density at radius 3 is 2.79 bits per heavy atom. The van der Waals surface area contributed by atoms with Gasteiger partial charge < -0.3 is 15.5 Å². The minimum absolute atomic E-state index is 0.193. The van der Waals surface area contributed by atoms with E-state index < -0.39 is 0 Å². The zero-order valence-electron chi connectivity index (χ0n) is 18.6. The van der Waals surface area contributed by atoms with Gasteiger partial charge in [0.05, 0.1) is 16.6 Å². The normalized spacial score (nSPS) is 15.2. The standard InChI is InChI=1S/C25H26BrN5OS/c1-15(2)33-22-6-4-3-5-20(22)29-24-19(26)13-27-25(30-24)28-18-9-10-21-17(11-18)12-23(32)31(21)14-16-7-8-16/h3-6,9-11,13,15-16H,7-8,12,14H2,1-2H3,(H2,27,28,29,30). The second-order valence-electron chi connectivity index (χ2n) is 8.77. The van der Waals surface area contributed by atoms with Crippen LogP contribution < -0.4 is 15.5 Å². The van der Waals surface area contributed by atoms with E-state index in [4.69, 9.17) is 0 Å². The van der Waals surface area contributed by atoms with E-state index in [2.05, 4.69) is 62.5 Å². The second-order valence-corrected chi connectivity index (χ2v) is 11.2. The summed E-state index contributed by atoms with van der Waals surface area (Å²) in [6, 6.07) is 14.3. The van der Waals surface area contributed by atoms with Gasteiger partial charge in [-0.1, -0.05) is 26.0 Å². The first-order chi connectivity index (χ1) is 16.0. The number of hydrogen-bond donors (Lipinski definition) is 2. The van der Waals surface area contributed by atoms with Gasteiger partial charge in [0, 0.05) is 34.3 Å². The number of fused-ring (bicyclic) bond motifs is 1. The molecule has 2 heterocycles. The molecule has 2 aliphatic rings. The molecule has 0 unspecified atom stereocenters. The number of rotatable bonds is 8. The van der Waals surface area contributed by atoms with Crippen molar-refractivity contribution >= 4 is 62.4 Å². The third kappa shape index (κ3) is 5.17.